The number of carbonyl (C=O) groups is 1. The van der Waals surface area contributed by atoms with Gasteiger partial charge in [0.15, 0.2) is 5.82 Å². The minimum Gasteiger partial charge on any atom is -0.377 e. The van der Waals surface area contributed by atoms with E-state index in [9.17, 15) is 26.7 Å². The van der Waals surface area contributed by atoms with E-state index in [-0.39, 0.29) is 21.4 Å². The molecule has 2 N–H and O–H groups in total. The first kappa shape index (κ1) is 24.4. The van der Waals surface area contributed by atoms with E-state index in [1.54, 1.807) is 6.92 Å². The summed E-state index contributed by atoms with van der Waals surface area (Å²) in [6.45, 7) is 1.56. The minimum atomic E-state index is -4.81. The zero-order valence-corrected chi connectivity index (χ0v) is 18.4. The molecule has 15 heteroatoms. The van der Waals surface area contributed by atoms with Crippen molar-refractivity contribution < 1.29 is 31.5 Å². The highest BCUT2D eigenvalue weighted by molar-refractivity contribution is 9.10. The van der Waals surface area contributed by atoms with Gasteiger partial charge in [-0.15, -0.1) is 4.80 Å². The number of hydrogen-bond donors (Lipinski definition) is 2. The topological polar surface area (TPSA) is 107 Å². The molecule has 0 aliphatic rings. The number of alkyl halides is 5. The molecular weight excluding hydrogens is 521 g/mol. The van der Waals surface area contributed by atoms with Gasteiger partial charge in [-0.1, -0.05) is 0 Å². The van der Waals surface area contributed by atoms with Crippen molar-refractivity contribution in [1.82, 2.24) is 25.0 Å². The van der Waals surface area contributed by atoms with Crippen LogP contribution in [-0.4, -0.2) is 38.1 Å². The van der Waals surface area contributed by atoms with E-state index in [1.165, 1.54) is 19.5 Å². The van der Waals surface area contributed by atoms with Gasteiger partial charge in [0.2, 0.25) is 0 Å². The molecule has 3 heterocycles. The summed E-state index contributed by atoms with van der Waals surface area (Å²) in [5, 5.41) is 11.9. The summed E-state index contributed by atoms with van der Waals surface area (Å²) < 4.78 is 72.0. The third-order valence-corrected chi connectivity index (χ3v) is 5.17. The number of methoxy groups -OCH3 is 1. The van der Waals surface area contributed by atoms with Gasteiger partial charge >= 0.3 is 12.2 Å². The van der Waals surface area contributed by atoms with Crippen LogP contribution >= 0.6 is 15.9 Å². The maximum Gasteiger partial charge on any atom is 0.420 e. The number of rotatable bonds is 6. The molecule has 0 spiro atoms. The first-order valence-corrected chi connectivity index (χ1v) is 9.83. The van der Waals surface area contributed by atoms with E-state index in [0.29, 0.717) is 10.9 Å². The van der Waals surface area contributed by atoms with Gasteiger partial charge in [-0.3, -0.25) is 4.98 Å². The molecule has 1 atom stereocenters. The maximum atomic E-state index is 13.5. The number of nitrogens with zero attached hydrogens (tertiary/aromatic N) is 5. The first-order chi connectivity index (χ1) is 15.5. The van der Waals surface area contributed by atoms with Crippen LogP contribution in [0.2, 0.25) is 0 Å². The lowest BCUT2D eigenvalue weighted by Crippen LogP contribution is -2.22. The molecule has 0 saturated carbocycles. The van der Waals surface area contributed by atoms with Gasteiger partial charge in [-0.25, -0.2) is 18.6 Å². The Morgan fingerprint density at radius 2 is 1.82 bits per heavy atom. The van der Waals surface area contributed by atoms with E-state index in [2.05, 4.69) is 46.7 Å². The van der Waals surface area contributed by atoms with Crippen molar-refractivity contribution >= 4 is 33.3 Å². The Bertz CT molecular complexity index is 1140. The summed E-state index contributed by atoms with van der Waals surface area (Å²) in [6, 6.07) is -0.296. The van der Waals surface area contributed by atoms with Crippen molar-refractivity contribution in [1.29, 1.82) is 0 Å². The fourth-order valence-electron chi connectivity index (χ4n) is 2.79. The van der Waals surface area contributed by atoms with E-state index >= 15 is 0 Å². The van der Waals surface area contributed by atoms with Crippen LogP contribution in [-0.2, 0) is 10.9 Å². The van der Waals surface area contributed by atoms with Gasteiger partial charge in [-0.2, -0.15) is 23.4 Å². The average Bonchev–Trinajstić information content (AvgIpc) is 3.27. The number of carbonyl (C=O) groups excluding carboxylic acids is 1. The van der Waals surface area contributed by atoms with Crippen LogP contribution in [0.25, 0.3) is 5.82 Å². The van der Waals surface area contributed by atoms with Crippen molar-refractivity contribution in [3.63, 3.8) is 0 Å². The molecule has 0 fully saturated rings. The molecule has 0 saturated heterocycles. The number of urea groups is 1. The van der Waals surface area contributed by atoms with Crippen molar-refractivity contribution in [3.8, 4) is 5.82 Å². The summed E-state index contributed by atoms with van der Waals surface area (Å²) in [4.78, 5) is 20.5. The third-order valence-electron chi connectivity index (χ3n) is 4.34. The lowest BCUT2D eigenvalue weighted by Gasteiger charge is -2.19. The van der Waals surface area contributed by atoms with Gasteiger partial charge in [0.1, 0.15) is 11.3 Å². The second-order valence-corrected chi connectivity index (χ2v) is 7.25. The van der Waals surface area contributed by atoms with Crippen LogP contribution in [0.4, 0.5) is 38.1 Å². The fraction of sp³-hybridized carbons (Fsp3) is 0.278. The first-order valence-electron chi connectivity index (χ1n) is 9.04. The Morgan fingerprint density at radius 1 is 1.15 bits per heavy atom. The smallest absolute Gasteiger partial charge is 0.377 e. The summed E-state index contributed by atoms with van der Waals surface area (Å²) in [6.07, 6.45) is -4.07. The van der Waals surface area contributed by atoms with Gasteiger partial charge in [0, 0.05) is 12.7 Å². The molecule has 3 rings (SSSR count). The Labute approximate surface area is 191 Å². The number of nitrogens with one attached hydrogen (secondary N) is 2. The molecule has 3 aromatic heterocycles. The van der Waals surface area contributed by atoms with E-state index in [1.807, 2.05) is 0 Å². The average molecular weight is 536 g/mol. The number of amides is 2. The SMILES string of the molecule is CO[C@H](C)c1c(NC(=O)Nc2cnc(-n3nccn3)c(C(F)(F)F)c2)cnc(C(F)F)c1Br. The normalized spacial score (nSPS) is 12.6. The lowest BCUT2D eigenvalue weighted by atomic mass is 10.1. The number of pyridine rings is 2. The molecule has 0 aliphatic heterocycles. The highest BCUT2D eigenvalue weighted by atomic mass is 79.9. The largest absolute Gasteiger partial charge is 0.420 e. The number of ether oxygens (including phenoxy) is 1. The van der Waals surface area contributed by atoms with Crippen LogP contribution in [0.5, 0.6) is 0 Å². The van der Waals surface area contributed by atoms with Crippen LogP contribution < -0.4 is 10.6 Å². The standard InChI is InChI=1S/C18H15BrF5N7O2/c1-8(33-2)12-11(7-25-14(13(12)19)15(20)21)30-17(32)29-9-5-10(18(22,23)24)16(26-6-9)31-27-3-4-28-31/h3-8,15H,1-2H3,(H2,29,30,32)/t8-/m1/s1. The highest BCUT2D eigenvalue weighted by Crippen LogP contribution is 2.37. The van der Waals surface area contributed by atoms with Crippen LogP contribution in [0.15, 0.2) is 35.3 Å². The Balaban J connectivity index is 1.89. The molecule has 2 amide bonds. The Kier molecular flexibility index (Phi) is 7.22. The molecular formula is C18H15BrF5N7O2. The third kappa shape index (κ3) is 5.42. The summed E-state index contributed by atoms with van der Waals surface area (Å²) in [5.41, 5.74) is -1.84. The number of hydrogen-bond acceptors (Lipinski definition) is 6. The fourth-order valence-corrected chi connectivity index (χ4v) is 3.60. The van der Waals surface area contributed by atoms with E-state index in [0.717, 1.165) is 12.4 Å². The summed E-state index contributed by atoms with van der Waals surface area (Å²) >= 11 is 3.05. The number of halogens is 6. The predicted octanol–water partition coefficient (Wildman–Crippen LogP) is 5.13. The summed E-state index contributed by atoms with van der Waals surface area (Å²) in [5.74, 6) is -0.578. The minimum absolute atomic E-state index is 0.0134. The van der Waals surface area contributed by atoms with Crippen LogP contribution in [0.3, 0.4) is 0 Å². The number of anilines is 2. The van der Waals surface area contributed by atoms with Gasteiger partial charge in [-0.05, 0) is 28.9 Å². The van der Waals surface area contributed by atoms with Crippen LogP contribution in [0.1, 0.15) is 36.3 Å². The van der Waals surface area contributed by atoms with Crippen molar-refractivity contribution in [2.75, 3.05) is 17.7 Å². The molecule has 9 nitrogen and oxygen atoms in total. The van der Waals surface area contributed by atoms with E-state index in [4.69, 9.17) is 4.74 Å². The Morgan fingerprint density at radius 3 is 2.39 bits per heavy atom. The second-order valence-electron chi connectivity index (χ2n) is 6.45. The van der Waals surface area contributed by atoms with Gasteiger partial charge < -0.3 is 15.4 Å². The molecule has 0 aromatic carbocycles. The maximum absolute atomic E-state index is 13.5. The molecule has 0 aliphatic carbocycles. The van der Waals surface area contributed by atoms with Crippen molar-refractivity contribution in [2.24, 2.45) is 0 Å². The molecule has 0 bridgehead atoms. The zero-order chi connectivity index (χ0) is 24.3. The zero-order valence-electron chi connectivity index (χ0n) is 16.9. The molecule has 176 valence electrons. The number of aromatic nitrogens is 5. The van der Waals surface area contributed by atoms with E-state index < -0.39 is 41.8 Å². The molecule has 33 heavy (non-hydrogen) atoms. The molecule has 0 radical (unpaired) electrons. The van der Waals surface area contributed by atoms with Gasteiger partial charge in [0.25, 0.3) is 6.43 Å². The quantitative estimate of drug-likeness (QED) is 0.424. The molecule has 3 aromatic rings. The van der Waals surface area contributed by atoms with Gasteiger partial charge in [0.05, 0.1) is 46.7 Å². The van der Waals surface area contributed by atoms with Crippen molar-refractivity contribution in [3.05, 3.63) is 52.1 Å². The second kappa shape index (κ2) is 9.74. The molecule has 0 unspecified atom stereocenters. The lowest BCUT2D eigenvalue weighted by molar-refractivity contribution is -0.137. The van der Waals surface area contributed by atoms with Crippen LogP contribution in [0, 0.1) is 0 Å². The predicted molar refractivity (Wildman–Crippen MR) is 109 cm³/mol. The van der Waals surface area contributed by atoms with Crippen molar-refractivity contribution in [2.45, 2.75) is 25.6 Å². The summed E-state index contributed by atoms with van der Waals surface area (Å²) in [7, 11) is 1.34. The monoisotopic (exact) mass is 535 g/mol. The Hall–Kier alpha value is -3.20. The highest BCUT2D eigenvalue weighted by Gasteiger charge is 2.36.